The van der Waals surface area contributed by atoms with E-state index >= 15 is 0 Å². The SMILES string of the molecule is CCCCN(C(=O)NC1CCOC1)C(C)CC. The first-order valence-electron chi connectivity index (χ1n) is 6.83. The lowest BCUT2D eigenvalue weighted by Gasteiger charge is -2.29. The van der Waals surface area contributed by atoms with Gasteiger partial charge in [-0.05, 0) is 26.2 Å². The number of unbranched alkanes of at least 4 members (excludes halogenated alkanes) is 1. The highest BCUT2D eigenvalue weighted by atomic mass is 16.5. The van der Waals surface area contributed by atoms with Gasteiger partial charge in [-0.25, -0.2) is 4.79 Å². The summed E-state index contributed by atoms with van der Waals surface area (Å²) in [6, 6.07) is 0.586. The fourth-order valence-corrected chi connectivity index (χ4v) is 1.98. The average Bonchev–Trinajstić information content (AvgIpc) is 2.81. The number of ether oxygens (including phenoxy) is 1. The summed E-state index contributed by atoms with van der Waals surface area (Å²) in [5, 5.41) is 3.07. The molecule has 4 nitrogen and oxygen atoms in total. The topological polar surface area (TPSA) is 41.6 Å². The molecule has 1 saturated heterocycles. The van der Waals surface area contributed by atoms with Crippen molar-refractivity contribution in [2.45, 2.75) is 58.5 Å². The van der Waals surface area contributed by atoms with Crippen molar-refractivity contribution in [2.75, 3.05) is 19.8 Å². The first-order valence-corrected chi connectivity index (χ1v) is 6.83. The van der Waals surface area contributed by atoms with Crippen molar-refractivity contribution in [3.63, 3.8) is 0 Å². The van der Waals surface area contributed by atoms with E-state index in [1.807, 2.05) is 4.90 Å². The minimum atomic E-state index is 0.0725. The van der Waals surface area contributed by atoms with Gasteiger partial charge in [-0.1, -0.05) is 20.3 Å². The molecule has 1 aliphatic heterocycles. The lowest BCUT2D eigenvalue weighted by molar-refractivity contribution is 0.164. The molecule has 1 aliphatic rings. The van der Waals surface area contributed by atoms with Gasteiger partial charge >= 0.3 is 6.03 Å². The van der Waals surface area contributed by atoms with Crippen molar-refractivity contribution in [3.8, 4) is 0 Å². The highest BCUT2D eigenvalue weighted by Gasteiger charge is 2.23. The van der Waals surface area contributed by atoms with Crippen LogP contribution in [0.5, 0.6) is 0 Å². The molecule has 1 rings (SSSR count). The fraction of sp³-hybridized carbons (Fsp3) is 0.923. The summed E-state index contributed by atoms with van der Waals surface area (Å²) in [4.78, 5) is 14.1. The van der Waals surface area contributed by atoms with Gasteiger partial charge in [0.1, 0.15) is 0 Å². The molecule has 0 aliphatic carbocycles. The van der Waals surface area contributed by atoms with Gasteiger partial charge in [-0.3, -0.25) is 0 Å². The molecule has 0 aromatic heterocycles. The van der Waals surface area contributed by atoms with Crippen LogP contribution in [0, 0.1) is 0 Å². The van der Waals surface area contributed by atoms with Crippen molar-refractivity contribution in [2.24, 2.45) is 0 Å². The Morgan fingerprint density at radius 2 is 2.29 bits per heavy atom. The van der Waals surface area contributed by atoms with Crippen LogP contribution in [0.2, 0.25) is 0 Å². The molecule has 0 saturated carbocycles. The van der Waals surface area contributed by atoms with Crippen LogP contribution < -0.4 is 5.32 Å². The average molecular weight is 242 g/mol. The van der Waals surface area contributed by atoms with E-state index in [-0.39, 0.29) is 12.1 Å². The Morgan fingerprint density at radius 3 is 2.82 bits per heavy atom. The van der Waals surface area contributed by atoms with E-state index in [9.17, 15) is 4.79 Å². The van der Waals surface area contributed by atoms with Crippen LogP contribution in [0.1, 0.15) is 46.5 Å². The van der Waals surface area contributed by atoms with Gasteiger partial charge in [0, 0.05) is 19.2 Å². The molecule has 4 heteroatoms. The first kappa shape index (κ1) is 14.3. The Kier molecular flexibility index (Phi) is 6.34. The highest BCUT2D eigenvalue weighted by Crippen LogP contribution is 2.09. The van der Waals surface area contributed by atoms with Crippen molar-refractivity contribution in [3.05, 3.63) is 0 Å². The van der Waals surface area contributed by atoms with Crippen LogP contribution >= 0.6 is 0 Å². The van der Waals surface area contributed by atoms with Gasteiger partial charge in [-0.15, -0.1) is 0 Å². The second-order valence-electron chi connectivity index (χ2n) is 4.81. The molecular formula is C13H26N2O2. The number of nitrogens with one attached hydrogen (secondary N) is 1. The fourth-order valence-electron chi connectivity index (χ4n) is 1.98. The lowest BCUT2D eigenvalue weighted by Crippen LogP contribution is -2.48. The third kappa shape index (κ3) is 4.54. The standard InChI is InChI=1S/C13H26N2O2/c1-4-6-8-15(11(3)5-2)13(16)14-12-7-9-17-10-12/h11-12H,4-10H2,1-3H3,(H,14,16). The zero-order chi connectivity index (χ0) is 12.7. The van der Waals surface area contributed by atoms with Crippen LogP contribution in [0.4, 0.5) is 4.79 Å². The monoisotopic (exact) mass is 242 g/mol. The molecule has 0 spiro atoms. The molecule has 1 fully saturated rings. The number of urea groups is 1. The molecule has 1 heterocycles. The number of nitrogens with zero attached hydrogens (tertiary/aromatic N) is 1. The second kappa shape index (κ2) is 7.54. The number of rotatable bonds is 6. The molecule has 1 N–H and O–H groups in total. The summed E-state index contributed by atoms with van der Waals surface area (Å²) < 4.78 is 5.27. The molecule has 0 bridgehead atoms. The van der Waals surface area contributed by atoms with E-state index in [0.29, 0.717) is 12.6 Å². The van der Waals surface area contributed by atoms with Gasteiger partial charge in [0.05, 0.1) is 12.6 Å². The largest absolute Gasteiger partial charge is 0.379 e. The summed E-state index contributed by atoms with van der Waals surface area (Å²) >= 11 is 0. The summed E-state index contributed by atoms with van der Waals surface area (Å²) in [5.41, 5.74) is 0. The van der Waals surface area contributed by atoms with Crippen molar-refractivity contribution in [1.29, 1.82) is 0 Å². The molecule has 2 unspecified atom stereocenters. The molecule has 17 heavy (non-hydrogen) atoms. The molecule has 2 atom stereocenters. The zero-order valence-electron chi connectivity index (χ0n) is 11.4. The molecular weight excluding hydrogens is 216 g/mol. The number of amides is 2. The maximum Gasteiger partial charge on any atom is 0.317 e. The summed E-state index contributed by atoms with van der Waals surface area (Å²) in [7, 11) is 0. The van der Waals surface area contributed by atoms with Crippen LogP contribution in [0.15, 0.2) is 0 Å². The number of carbonyl (C=O) groups is 1. The van der Waals surface area contributed by atoms with E-state index in [1.54, 1.807) is 0 Å². The Bertz CT molecular complexity index is 227. The Morgan fingerprint density at radius 1 is 1.53 bits per heavy atom. The number of carbonyl (C=O) groups excluding carboxylic acids is 1. The van der Waals surface area contributed by atoms with Crippen LogP contribution in [0.3, 0.4) is 0 Å². The summed E-state index contributed by atoms with van der Waals surface area (Å²) in [6.07, 6.45) is 4.12. The second-order valence-corrected chi connectivity index (χ2v) is 4.81. The van der Waals surface area contributed by atoms with Gasteiger partial charge in [-0.2, -0.15) is 0 Å². The third-order valence-electron chi connectivity index (χ3n) is 3.39. The minimum absolute atomic E-state index is 0.0725. The minimum Gasteiger partial charge on any atom is -0.379 e. The van der Waals surface area contributed by atoms with E-state index in [0.717, 1.165) is 38.8 Å². The normalized spacial score (nSPS) is 21.2. The Labute approximate surface area is 105 Å². The maximum atomic E-state index is 12.2. The van der Waals surface area contributed by atoms with Gasteiger partial charge < -0.3 is 15.0 Å². The van der Waals surface area contributed by atoms with Gasteiger partial charge in [0.2, 0.25) is 0 Å². The number of hydrogen-bond acceptors (Lipinski definition) is 2. The molecule has 0 aromatic carbocycles. The predicted molar refractivity (Wildman–Crippen MR) is 69.1 cm³/mol. The van der Waals surface area contributed by atoms with E-state index in [4.69, 9.17) is 4.74 Å². The van der Waals surface area contributed by atoms with Crippen LogP contribution in [0.25, 0.3) is 0 Å². The summed E-state index contributed by atoms with van der Waals surface area (Å²) in [5.74, 6) is 0. The maximum absolute atomic E-state index is 12.2. The molecule has 100 valence electrons. The quantitative estimate of drug-likeness (QED) is 0.777. The highest BCUT2D eigenvalue weighted by molar-refractivity contribution is 5.74. The van der Waals surface area contributed by atoms with Crippen molar-refractivity contribution >= 4 is 6.03 Å². The Balaban J connectivity index is 2.45. The zero-order valence-corrected chi connectivity index (χ0v) is 11.4. The van der Waals surface area contributed by atoms with Crippen molar-refractivity contribution < 1.29 is 9.53 Å². The van der Waals surface area contributed by atoms with Crippen LogP contribution in [-0.4, -0.2) is 42.8 Å². The van der Waals surface area contributed by atoms with Crippen LogP contribution in [-0.2, 0) is 4.74 Å². The molecule has 2 amide bonds. The van der Waals surface area contributed by atoms with E-state index < -0.39 is 0 Å². The van der Waals surface area contributed by atoms with Crippen molar-refractivity contribution in [1.82, 2.24) is 10.2 Å². The van der Waals surface area contributed by atoms with E-state index in [1.165, 1.54) is 0 Å². The third-order valence-corrected chi connectivity index (χ3v) is 3.39. The molecule has 0 aromatic rings. The Hall–Kier alpha value is -0.770. The summed E-state index contributed by atoms with van der Waals surface area (Å²) in [6.45, 7) is 8.66. The first-order chi connectivity index (χ1) is 8.19. The lowest BCUT2D eigenvalue weighted by atomic mass is 10.2. The van der Waals surface area contributed by atoms with Gasteiger partial charge in [0.15, 0.2) is 0 Å². The smallest absolute Gasteiger partial charge is 0.317 e. The predicted octanol–water partition coefficient (Wildman–Crippen LogP) is 2.39. The molecule has 0 radical (unpaired) electrons. The van der Waals surface area contributed by atoms with E-state index in [2.05, 4.69) is 26.1 Å². The number of hydrogen-bond donors (Lipinski definition) is 1. The van der Waals surface area contributed by atoms with Gasteiger partial charge in [0.25, 0.3) is 0 Å².